The summed E-state index contributed by atoms with van der Waals surface area (Å²) < 4.78 is 1.47. The smallest absolute Gasteiger partial charge is 0.330 e. The molecule has 1 aliphatic carbocycles. The van der Waals surface area contributed by atoms with Crippen LogP contribution in [-0.2, 0) is 7.05 Å². The zero-order chi connectivity index (χ0) is 15.2. The zero-order valence-electron chi connectivity index (χ0n) is 12.9. The highest BCUT2D eigenvalue weighted by molar-refractivity contribution is 5.54. The van der Waals surface area contributed by atoms with E-state index in [1.54, 1.807) is 7.05 Å². The molecule has 0 radical (unpaired) electrons. The van der Waals surface area contributed by atoms with Gasteiger partial charge in [-0.25, -0.2) is 0 Å². The van der Waals surface area contributed by atoms with Gasteiger partial charge < -0.3 is 10.2 Å². The third kappa shape index (κ3) is 4.42. The molecule has 1 aromatic heterocycles. The van der Waals surface area contributed by atoms with Crippen LogP contribution in [0.5, 0.6) is 0 Å². The highest BCUT2D eigenvalue weighted by Gasteiger charge is 2.19. The summed E-state index contributed by atoms with van der Waals surface area (Å²) in [7, 11) is 3.87. The monoisotopic (exact) mass is 295 g/mol. The number of nitro groups is 1. The maximum Gasteiger partial charge on any atom is 0.330 e. The van der Waals surface area contributed by atoms with Crippen molar-refractivity contribution in [3.05, 3.63) is 16.3 Å². The second-order valence-corrected chi connectivity index (χ2v) is 5.85. The first-order valence-corrected chi connectivity index (χ1v) is 7.70. The summed E-state index contributed by atoms with van der Waals surface area (Å²) in [5.41, 5.74) is 0.0399. The van der Waals surface area contributed by atoms with Gasteiger partial charge in [-0.05, 0) is 32.9 Å². The first kappa shape index (κ1) is 15.8. The van der Waals surface area contributed by atoms with E-state index < -0.39 is 4.92 Å². The molecule has 2 rings (SSSR count). The minimum atomic E-state index is -0.399. The van der Waals surface area contributed by atoms with E-state index in [1.807, 2.05) is 0 Å². The summed E-state index contributed by atoms with van der Waals surface area (Å²) in [5.74, 6) is 0.364. The molecule has 0 atom stereocenters. The fourth-order valence-corrected chi connectivity index (χ4v) is 2.98. The highest BCUT2D eigenvalue weighted by Crippen LogP contribution is 2.22. The van der Waals surface area contributed by atoms with Gasteiger partial charge in [-0.3, -0.25) is 14.8 Å². The summed E-state index contributed by atoms with van der Waals surface area (Å²) in [4.78, 5) is 12.9. The number of hydrogen-bond acceptors (Lipinski definition) is 5. The lowest BCUT2D eigenvalue weighted by Gasteiger charge is -2.31. The van der Waals surface area contributed by atoms with E-state index in [1.165, 1.54) is 43.0 Å². The Bertz CT molecular complexity index is 468. The SMILES string of the molecule is CN(CCCNc1nn(C)cc1[N+](=O)[O-])C1CCCCC1. The van der Waals surface area contributed by atoms with Crippen molar-refractivity contribution in [3.63, 3.8) is 0 Å². The molecule has 1 heterocycles. The van der Waals surface area contributed by atoms with Crippen molar-refractivity contribution in [1.29, 1.82) is 0 Å². The molecule has 1 fully saturated rings. The Labute approximate surface area is 125 Å². The average Bonchev–Trinajstić information content (AvgIpc) is 2.85. The summed E-state index contributed by atoms with van der Waals surface area (Å²) >= 11 is 0. The van der Waals surface area contributed by atoms with E-state index in [0.29, 0.717) is 18.4 Å². The standard InChI is InChI=1S/C14H25N5O2/c1-17(12-7-4-3-5-8-12)10-6-9-15-14-13(19(20)21)11-18(2)16-14/h11-12H,3-10H2,1-2H3,(H,15,16). The number of aryl methyl sites for hydroxylation is 1. The molecule has 1 aromatic rings. The average molecular weight is 295 g/mol. The molecule has 0 amide bonds. The van der Waals surface area contributed by atoms with Gasteiger partial charge in [-0.15, -0.1) is 5.10 Å². The van der Waals surface area contributed by atoms with E-state index in [0.717, 1.165) is 13.0 Å². The number of rotatable bonds is 7. The summed E-state index contributed by atoms with van der Waals surface area (Å²) in [6.45, 7) is 1.72. The molecule has 1 aliphatic rings. The zero-order valence-corrected chi connectivity index (χ0v) is 12.9. The van der Waals surface area contributed by atoms with Gasteiger partial charge in [0.1, 0.15) is 6.20 Å². The van der Waals surface area contributed by atoms with Crippen LogP contribution in [0.2, 0.25) is 0 Å². The van der Waals surface area contributed by atoms with E-state index in [2.05, 4.69) is 22.4 Å². The fourth-order valence-electron chi connectivity index (χ4n) is 2.98. The van der Waals surface area contributed by atoms with Gasteiger partial charge >= 0.3 is 5.69 Å². The lowest BCUT2D eigenvalue weighted by atomic mass is 9.94. The van der Waals surface area contributed by atoms with Crippen LogP contribution in [0.1, 0.15) is 38.5 Å². The van der Waals surface area contributed by atoms with Crippen molar-refractivity contribution < 1.29 is 4.92 Å². The maximum atomic E-state index is 10.9. The maximum absolute atomic E-state index is 10.9. The van der Waals surface area contributed by atoms with Crippen molar-refractivity contribution in [2.75, 3.05) is 25.5 Å². The second-order valence-electron chi connectivity index (χ2n) is 5.85. The largest absolute Gasteiger partial charge is 0.363 e. The van der Waals surface area contributed by atoms with Crippen LogP contribution in [0.4, 0.5) is 11.5 Å². The van der Waals surface area contributed by atoms with Gasteiger partial charge in [0.25, 0.3) is 0 Å². The summed E-state index contributed by atoms with van der Waals surface area (Å²) in [6, 6.07) is 0.711. The molecule has 118 valence electrons. The lowest BCUT2D eigenvalue weighted by molar-refractivity contribution is -0.384. The van der Waals surface area contributed by atoms with Crippen molar-refractivity contribution >= 4 is 11.5 Å². The Balaban J connectivity index is 1.73. The molecular formula is C14H25N5O2. The third-order valence-corrected chi connectivity index (χ3v) is 4.18. The van der Waals surface area contributed by atoms with Gasteiger partial charge in [0.15, 0.2) is 0 Å². The molecule has 0 unspecified atom stereocenters. The van der Waals surface area contributed by atoms with Crippen molar-refractivity contribution in [3.8, 4) is 0 Å². The van der Waals surface area contributed by atoms with Crippen LogP contribution < -0.4 is 5.32 Å². The van der Waals surface area contributed by atoms with Crippen molar-refractivity contribution in [2.45, 2.75) is 44.6 Å². The molecule has 0 bridgehead atoms. The number of nitrogens with zero attached hydrogens (tertiary/aromatic N) is 4. The molecule has 1 saturated carbocycles. The van der Waals surface area contributed by atoms with Crippen LogP contribution in [0.25, 0.3) is 0 Å². The summed E-state index contributed by atoms with van der Waals surface area (Å²) in [6.07, 6.45) is 9.04. The molecular weight excluding hydrogens is 270 g/mol. The Kier molecular flexibility index (Phi) is 5.55. The van der Waals surface area contributed by atoms with Crippen LogP contribution in [0.15, 0.2) is 6.20 Å². The van der Waals surface area contributed by atoms with Crippen molar-refractivity contribution in [1.82, 2.24) is 14.7 Å². The second kappa shape index (κ2) is 7.40. The van der Waals surface area contributed by atoms with Crippen molar-refractivity contribution in [2.24, 2.45) is 7.05 Å². The molecule has 7 nitrogen and oxygen atoms in total. The fraction of sp³-hybridized carbons (Fsp3) is 0.786. The third-order valence-electron chi connectivity index (χ3n) is 4.18. The van der Waals surface area contributed by atoms with E-state index in [4.69, 9.17) is 0 Å². The first-order valence-electron chi connectivity index (χ1n) is 7.70. The van der Waals surface area contributed by atoms with Gasteiger partial charge in [0.05, 0.1) is 4.92 Å². The van der Waals surface area contributed by atoms with E-state index in [9.17, 15) is 10.1 Å². The molecule has 0 aromatic carbocycles. The molecule has 0 aliphatic heterocycles. The molecule has 21 heavy (non-hydrogen) atoms. The van der Waals surface area contributed by atoms with Gasteiger partial charge in [-0.2, -0.15) is 0 Å². The lowest BCUT2D eigenvalue weighted by Crippen LogP contribution is -2.34. The quantitative estimate of drug-likeness (QED) is 0.475. The van der Waals surface area contributed by atoms with Gasteiger partial charge in [0, 0.05) is 19.6 Å². The van der Waals surface area contributed by atoms with Gasteiger partial charge in [0.2, 0.25) is 5.82 Å². The van der Waals surface area contributed by atoms with Crippen LogP contribution in [-0.4, -0.2) is 45.8 Å². The van der Waals surface area contributed by atoms with Gasteiger partial charge in [-0.1, -0.05) is 19.3 Å². The predicted octanol–water partition coefficient (Wildman–Crippen LogP) is 2.39. The minimum Gasteiger partial charge on any atom is -0.363 e. The summed E-state index contributed by atoms with van der Waals surface area (Å²) in [5, 5.41) is 18.0. The Morgan fingerprint density at radius 2 is 2.19 bits per heavy atom. The van der Waals surface area contributed by atoms with Crippen LogP contribution >= 0.6 is 0 Å². The number of aromatic nitrogens is 2. The first-order chi connectivity index (χ1) is 10.1. The van der Waals surface area contributed by atoms with Crippen LogP contribution in [0.3, 0.4) is 0 Å². The van der Waals surface area contributed by atoms with E-state index in [-0.39, 0.29) is 5.69 Å². The Morgan fingerprint density at radius 1 is 1.48 bits per heavy atom. The molecule has 0 saturated heterocycles. The topological polar surface area (TPSA) is 76.2 Å². The molecule has 7 heteroatoms. The number of hydrogen-bond donors (Lipinski definition) is 1. The molecule has 0 spiro atoms. The number of nitrogens with one attached hydrogen (secondary N) is 1. The minimum absolute atomic E-state index is 0.0399. The number of anilines is 1. The normalized spacial score (nSPS) is 16.3. The molecule has 1 N–H and O–H groups in total. The van der Waals surface area contributed by atoms with Crippen LogP contribution in [0, 0.1) is 10.1 Å². The highest BCUT2D eigenvalue weighted by atomic mass is 16.6. The Hall–Kier alpha value is -1.63. The predicted molar refractivity (Wildman–Crippen MR) is 82.5 cm³/mol. The Morgan fingerprint density at radius 3 is 2.86 bits per heavy atom. The van der Waals surface area contributed by atoms with E-state index >= 15 is 0 Å².